The third-order valence-electron chi connectivity index (χ3n) is 4.73. The Bertz CT molecular complexity index is 1120. The highest BCUT2D eigenvalue weighted by molar-refractivity contribution is 6.35. The van der Waals surface area contributed by atoms with E-state index in [0.29, 0.717) is 5.56 Å². The summed E-state index contributed by atoms with van der Waals surface area (Å²) in [4.78, 5) is 37.8. The van der Waals surface area contributed by atoms with E-state index in [1.807, 2.05) is 30.3 Å². The first kappa shape index (κ1) is 17.6. The molecule has 138 valence electrons. The highest BCUT2D eigenvalue weighted by Crippen LogP contribution is 2.34. The number of hydrogen-bond acceptors (Lipinski definition) is 4. The lowest BCUT2D eigenvalue weighted by atomic mass is 10.0. The fraction of sp³-hybridized carbons (Fsp3) is 0.0455. The van der Waals surface area contributed by atoms with E-state index in [1.165, 1.54) is 18.2 Å². The van der Waals surface area contributed by atoms with Crippen LogP contribution in [-0.4, -0.2) is 28.0 Å². The molecule has 3 aromatic rings. The van der Waals surface area contributed by atoms with Crippen LogP contribution >= 0.6 is 0 Å². The van der Waals surface area contributed by atoms with Crippen LogP contribution in [0.2, 0.25) is 0 Å². The number of aromatic carboxylic acids is 1. The Balaban J connectivity index is 1.78. The van der Waals surface area contributed by atoms with Crippen LogP contribution in [-0.2, 0) is 6.61 Å². The second-order valence-corrected chi connectivity index (χ2v) is 6.38. The van der Waals surface area contributed by atoms with Crippen molar-refractivity contribution >= 4 is 23.5 Å². The van der Waals surface area contributed by atoms with Gasteiger partial charge in [0.05, 0.1) is 29.0 Å². The molecule has 0 atom stereocenters. The van der Waals surface area contributed by atoms with Crippen LogP contribution in [0.4, 0.5) is 5.69 Å². The molecule has 3 aromatic carbocycles. The van der Waals surface area contributed by atoms with Crippen LogP contribution in [0.5, 0.6) is 0 Å². The van der Waals surface area contributed by atoms with Crippen LogP contribution < -0.4 is 4.90 Å². The van der Waals surface area contributed by atoms with Crippen LogP contribution in [0.15, 0.2) is 66.7 Å². The van der Waals surface area contributed by atoms with Crippen molar-refractivity contribution in [1.29, 1.82) is 0 Å². The number of carboxylic acid groups (broad SMARTS) is 1. The molecule has 0 radical (unpaired) electrons. The van der Waals surface area contributed by atoms with Gasteiger partial charge in [0.1, 0.15) is 0 Å². The lowest BCUT2D eigenvalue weighted by Crippen LogP contribution is -2.30. The minimum Gasteiger partial charge on any atom is -0.478 e. The van der Waals surface area contributed by atoms with Gasteiger partial charge < -0.3 is 10.2 Å². The molecule has 0 saturated heterocycles. The maximum atomic E-state index is 12.8. The molecule has 1 heterocycles. The monoisotopic (exact) mass is 373 g/mol. The standard InChI is InChI=1S/C22H15NO5/c24-12-16-10-14(13-4-2-1-3-5-13)7-9-19(16)23-20(25)17-8-6-15(22(27)28)11-18(17)21(23)26/h1-11,24H,12H2,(H,27,28). The van der Waals surface area contributed by atoms with Gasteiger partial charge in [0.25, 0.3) is 11.8 Å². The summed E-state index contributed by atoms with van der Waals surface area (Å²) in [5.41, 5.74) is 2.62. The summed E-state index contributed by atoms with van der Waals surface area (Å²) in [5, 5.41) is 19.0. The van der Waals surface area contributed by atoms with Gasteiger partial charge >= 0.3 is 5.97 Å². The molecule has 28 heavy (non-hydrogen) atoms. The fourth-order valence-corrected chi connectivity index (χ4v) is 3.33. The van der Waals surface area contributed by atoms with Gasteiger partial charge in [-0.25, -0.2) is 9.69 Å². The number of aliphatic hydroxyl groups is 1. The number of imide groups is 1. The number of carbonyl (C=O) groups is 3. The lowest BCUT2D eigenvalue weighted by molar-refractivity contribution is 0.0696. The molecular formula is C22H15NO5. The van der Waals surface area contributed by atoms with Gasteiger partial charge in [-0.15, -0.1) is 0 Å². The number of anilines is 1. The number of benzene rings is 3. The third kappa shape index (κ3) is 2.76. The van der Waals surface area contributed by atoms with Gasteiger partial charge in [-0.1, -0.05) is 36.4 Å². The molecule has 0 saturated carbocycles. The largest absolute Gasteiger partial charge is 0.478 e. The fourth-order valence-electron chi connectivity index (χ4n) is 3.33. The first-order valence-electron chi connectivity index (χ1n) is 8.56. The number of amides is 2. The maximum Gasteiger partial charge on any atom is 0.335 e. The molecule has 0 aromatic heterocycles. The summed E-state index contributed by atoms with van der Waals surface area (Å²) in [7, 11) is 0. The molecule has 0 fully saturated rings. The van der Waals surface area contributed by atoms with Gasteiger partial charge in [-0.05, 0) is 41.5 Å². The normalized spacial score (nSPS) is 13.0. The molecular weight excluding hydrogens is 358 g/mol. The van der Waals surface area contributed by atoms with Crippen LogP contribution in [0.1, 0.15) is 36.6 Å². The van der Waals surface area contributed by atoms with Crippen molar-refractivity contribution in [3.8, 4) is 11.1 Å². The molecule has 0 bridgehead atoms. The number of carboxylic acids is 1. The zero-order valence-corrected chi connectivity index (χ0v) is 14.6. The number of rotatable bonds is 4. The maximum absolute atomic E-state index is 12.8. The first-order chi connectivity index (χ1) is 13.5. The van der Waals surface area contributed by atoms with Crippen molar-refractivity contribution in [2.45, 2.75) is 6.61 Å². The topological polar surface area (TPSA) is 94.9 Å². The van der Waals surface area contributed by atoms with Crippen LogP contribution in [0.25, 0.3) is 11.1 Å². The molecule has 4 rings (SSSR count). The van der Waals surface area contributed by atoms with Gasteiger partial charge in [-0.2, -0.15) is 0 Å². The zero-order valence-electron chi connectivity index (χ0n) is 14.6. The van der Waals surface area contributed by atoms with E-state index in [-0.39, 0.29) is 29.0 Å². The zero-order chi connectivity index (χ0) is 19.8. The van der Waals surface area contributed by atoms with E-state index < -0.39 is 17.8 Å². The molecule has 1 aliphatic heterocycles. The summed E-state index contributed by atoms with van der Waals surface area (Å²) in [5.74, 6) is -2.32. The number of hydrogen-bond donors (Lipinski definition) is 2. The average molecular weight is 373 g/mol. The van der Waals surface area contributed by atoms with Crippen molar-refractivity contribution in [1.82, 2.24) is 0 Å². The van der Waals surface area contributed by atoms with E-state index in [4.69, 9.17) is 5.11 Å². The quantitative estimate of drug-likeness (QED) is 0.684. The summed E-state index contributed by atoms with van der Waals surface area (Å²) in [6.07, 6.45) is 0. The third-order valence-corrected chi connectivity index (χ3v) is 4.73. The molecule has 0 aliphatic carbocycles. The minimum atomic E-state index is -1.18. The second-order valence-electron chi connectivity index (χ2n) is 6.38. The predicted octanol–water partition coefficient (Wildman–Crippen LogP) is 3.34. The summed E-state index contributed by atoms with van der Waals surface area (Å²) in [6, 6.07) is 18.5. The van der Waals surface area contributed by atoms with E-state index in [0.717, 1.165) is 16.0 Å². The first-order valence-corrected chi connectivity index (χ1v) is 8.56. The van der Waals surface area contributed by atoms with E-state index in [1.54, 1.807) is 18.2 Å². The number of nitrogens with zero attached hydrogens (tertiary/aromatic N) is 1. The van der Waals surface area contributed by atoms with E-state index >= 15 is 0 Å². The van der Waals surface area contributed by atoms with E-state index in [2.05, 4.69) is 0 Å². The molecule has 1 aliphatic rings. The molecule has 0 spiro atoms. The molecule has 6 nitrogen and oxygen atoms in total. The Morgan fingerprint density at radius 3 is 2.21 bits per heavy atom. The number of carbonyl (C=O) groups excluding carboxylic acids is 2. The van der Waals surface area contributed by atoms with Crippen molar-refractivity contribution in [2.75, 3.05) is 4.90 Å². The molecule has 2 amide bonds. The molecule has 6 heteroatoms. The van der Waals surface area contributed by atoms with Crippen molar-refractivity contribution in [3.05, 3.63) is 89.0 Å². The highest BCUT2D eigenvalue weighted by Gasteiger charge is 2.38. The second kappa shape index (κ2) is 6.75. The summed E-state index contributed by atoms with van der Waals surface area (Å²) in [6.45, 7) is -0.357. The Kier molecular flexibility index (Phi) is 4.25. The SMILES string of the molecule is O=C(O)c1ccc2c(c1)C(=O)N(c1ccc(-c3ccccc3)cc1CO)C2=O. The smallest absolute Gasteiger partial charge is 0.335 e. The average Bonchev–Trinajstić information content (AvgIpc) is 2.98. The van der Waals surface area contributed by atoms with E-state index in [9.17, 15) is 19.5 Å². The Hall–Kier alpha value is -3.77. The number of fused-ring (bicyclic) bond motifs is 1. The van der Waals surface area contributed by atoms with Crippen LogP contribution in [0, 0.1) is 0 Å². The molecule has 0 unspecified atom stereocenters. The van der Waals surface area contributed by atoms with Crippen molar-refractivity contribution in [3.63, 3.8) is 0 Å². The van der Waals surface area contributed by atoms with Crippen molar-refractivity contribution in [2.24, 2.45) is 0 Å². The van der Waals surface area contributed by atoms with Gasteiger partial charge in [-0.3, -0.25) is 9.59 Å². The van der Waals surface area contributed by atoms with Crippen molar-refractivity contribution < 1.29 is 24.6 Å². The Morgan fingerprint density at radius 1 is 0.821 bits per heavy atom. The van der Waals surface area contributed by atoms with Crippen LogP contribution in [0.3, 0.4) is 0 Å². The molecule has 2 N–H and O–H groups in total. The van der Waals surface area contributed by atoms with Gasteiger partial charge in [0.15, 0.2) is 0 Å². The highest BCUT2D eigenvalue weighted by atomic mass is 16.4. The number of aliphatic hydroxyl groups excluding tert-OH is 1. The summed E-state index contributed by atoms with van der Waals surface area (Å²) < 4.78 is 0. The lowest BCUT2D eigenvalue weighted by Gasteiger charge is -2.18. The Morgan fingerprint density at radius 2 is 1.54 bits per heavy atom. The summed E-state index contributed by atoms with van der Waals surface area (Å²) >= 11 is 0. The minimum absolute atomic E-state index is 0.0425. The Labute approximate surface area is 160 Å². The predicted molar refractivity (Wildman–Crippen MR) is 102 cm³/mol. The van der Waals surface area contributed by atoms with Gasteiger partial charge in [0.2, 0.25) is 0 Å². The van der Waals surface area contributed by atoms with Gasteiger partial charge in [0, 0.05) is 5.56 Å².